The van der Waals surface area contributed by atoms with Crippen LogP contribution in [0.1, 0.15) is 32.6 Å². The summed E-state index contributed by atoms with van der Waals surface area (Å²) in [6.45, 7) is 3.97. The maximum atomic E-state index is 6.21. The molecule has 102 valence electrons. The number of nitrogens with two attached hydrogens (primary N) is 1. The van der Waals surface area contributed by atoms with E-state index in [1.165, 1.54) is 13.4 Å². The Bertz CT molecular complexity index is 551. The Morgan fingerprint density at radius 1 is 1.32 bits per heavy atom. The van der Waals surface area contributed by atoms with Crippen LogP contribution in [0.4, 0.5) is 0 Å². The molecule has 0 radical (unpaired) electrons. The van der Waals surface area contributed by atoms with E-state index in [0.717, 1.165) is 12.8 Å². The van der Waals surface area contributed by atoms with E-state index in [4.69, 9.17) is 15.0 Å². The van der Waals surface area contributed by atoms with Crippen molar-refractivity contribution in [3.8, 4) is 17.4 Å². The Balaban J connectivity index is 2.35. The van der Waals surface area contributed by atoms with Gasteiger partial charge in [-0.3, -0.25) is 0 Å². The third kappa shape index (κ3) is 2.55. The minimum atomic E-state index is -0.595. The van der Waals surface area contributed by atoms with Crippen molar-refractivity contribution in [3.63, 3.8) is 0 Å². The molecule has 0 saturated heterocycles. The standard InChI is InChI=1S/C12H17N5O2/c1-4-12(13,5-2)11-16-10(17-19-11)8-6-9(18-3)15-7-14-8/h6-7H,4-5,13H2,1-3H3. The number of rotatable bonds is 5. The second-order valence-corrected chi connectivity index (χ2v) is 4.23. The minimum Gasteiger partial charge on any atom is -0.481 e. The van der Waals surface area contributed by atoms with Gasteiger partial charge in [0.05, 0.1) is 12.6 Å². The summed E-state index contributed by atoms with van der Waals surface area (Å²) in [5.41, 5.74) is 6.16. The van der Waals surface area contributed by atoms with E-state index < -0.39 is 5.54 Å². The van der Waals surface area contributed by atoms with E-state index in [9.17, 15) is 0 Å². The lowest BCUT2D eigenvalue weighted by Crippen LogP contribution is -2.35. The average Bonchev–Trinajstić information content (AvgIpc) is 2.97. The van der Waals surface area contributed by atoms with Gasteiger partial charge in [0.1, 0.15) is 12.0 Å². The SMILES string of the molecule is CCC(N)(CC)c1nc(-c2cc(OC)ncn2)no1. The van der Waals surface area contributed by atoms with Crippen molar-refractivity contribution in [2.45, 2.75) is 32.2 Å². The van der Waals surface area contributed by atoms with Crippen molar-refractivity contribution in [3.05, 3.63) is 18.3 Å². The summed E-state index contributed by atoms with van der Waals surface area (Å²) in [7, 11) is 1.53. The highest BCUT2D eigenvalue weighted by Crippen LogP contribution is 2.26. The second-order valence-electron chi connectivity index (χ2n) is 4.23. The van der Waals surface area contributed by atoms with Crippen LogP contribution in [0.3, 0.4) is 0 Å². The Morgan fingerprint density at radius 2 is 2.05 bits per heavy atom. The van der Waals surface area contributed by atoms with Crippen LogP contribution in [0.25, 0.3) is 11.5 Å². The number of methoxy groups -OCH3 is 1. The molecule has 2 aromatic rings. The molecule has 0 atom stereocenters. The summed E-state index contributed by atoms with van der Waals surface area (Å²) in [5, 5.41) is 3.91. The first-order valence-electron chi connectivity index (χ1n) is 6.12. The average molecular weight is 263 g/mol. The lowest BCUT2D eigenvalue weighted by Gasteiger charge is -2.20. The molecule has 0 spiro atoms. The highest BCUT2D eigenvalue weighted by Gasteiger charge is 2.30. The van der Waals surface area contributed by atoms with Gasteiger partial charge >= 0.3 is 0 Å². The van der Waals surface area contributed by atoms with Gasteiger partial charge < -0.3 is 15.0 Å². The highest BCUT2D eigenvalue weighted by atomic mass is 16.5. The van der Waals surface area contributed by atoms with E-state index in [1.54, 1.807) is 6.07 Å². The molecule has 0 fully saturated rings. The molecule has 0 amide bonds. The van der Waals surface area contributed by atoms with Crippen LogP contribution in [0, 0.1) is 0 Å². The molecule has 2 N–H and O–H groups in total. The van der Waals surface area contributed by atoms with Gasteiger partial charge in [0, 0.05) is 6.07 Å². The van der Waals surface area contributed by atoms with Crippen LogP contribution in [0.5, 0.6) is 5.88 Å². The van der Waals surface area contributed by atoms with Gasteiger partial charge in [0.15, 0.2) is 0 Å². The summed E-state index contributed by atoms with van der Waals surface area (Å²) in [4.78, 5) is 12.3. The van der Waals surface area contributed by atoms with Gasteiger partial charge in [-0.25, -0.2) is 9.97 Å². The number of nitrogens with zero attached hydrogens (tertiary/aromatic N) is 4. The van der Waals surface area contributed by atoms with E-state index in [1.807, 2.05) is 13.8 Å². The number of ether oxygens (including phenoxy) is 1. The Kier molecular flexibility index (Phi) is 3.75. The molecule has 0 saturated carbocycles. The predicted molar refractivity (Wildman–Crippen MR) is 68.3 cm³/mol. The topological polar surface area (TPSA) is 100.0 Å². The molecule has 0 aliphatic carbocycles. The van der Waals surface area contributed by atoms with Crippen molar-refractivity contribution < 1.29 is 9.26 Å². The number of aromatic nitrogens is 4. The first-order valence-corrected chi connectivity index (χ1v) is 6.12. The van der Waals surface area contributed by atoms with Crippen LogP contribution in [-0.4, -0.2) is 27.2 Å². The van der Waals surface area contributed by atoms with Crippen molar-refractivity contribution in [1.82, 2.24) is 20.1 Å². The van der Waals surface area contributed by atoms with E-state index in [-0.39, 0.29) is 0 Å². The summed E-state index contributed by atoms with van der Waals surface area (Å²) < 4.78 is 10.3. The molecule has 2 aromatic heterocycles. The Labute approximate surface area is 111 Å². The lowest BCUT2D eigenvalue weighted by molar-refractivity contribution is 0.268. The number of hydrogen-bond donors (Lipinski definition) is 1. The fourth-order valence-electron chi connectivity index (χ4n) is 1.66. The lowest BCUT2D eigenvalue weighted by atomic mass is 9.94. The third-order valence-electron chi connectivity index (χ3n) is 3.19. The Hall–Kier alpha value is -2.02. The molecule has 0 unspecified atom stereocenters. The molecule has 19 heavy (non-hydrogen) atoms. The quantitative estimate of drug-likeness (QED) is 0.872. The monoisotopic (exact) mass is 263 g/mol. The maximum Gasteiger partial charge on any atom is 0.247 e. The maximum absolute atomic E-state index is 6.21. The minimum absolute atomic E-state index is 0.382. The van der Waals surface area contributed by atoms with Crippen molar-refractivity contribution >= 4 is 0 Å². The first kappa shape index (κ1) is 13.4. The molecule has 0 aromatic carbocycles. The van der Waals surface area contributed by atoms with Gasteiger partial charge in [0.25, 0.3) is 0 Å². The van der Waals surface area contributed by atoms with Crippen LogP contribution < -0.4 is 10.5 Å². The molecular formula is C12H17N5O2. The third-order valence-corrected chi connectivity index (χ3v) is 3.19. The molecule has 2 heterocycles. The van der Waals surface area contributed by atoms with Crippen LogP contribution in [-0.2, 0) is 5.54 Å². The van der Waals surface area contributed by atoms with Gasteiger partial charge in [0.2, 0.25) is 17.6 Å². The fraction of sp³-hybridized carbons (Fsp3) is 0.500. The summed E-state index contributed by atoms with van der Waals surface area (Å²) in [6, 6.07) is 1.64. The zero-order valence-electron chi connectivity index (χ0n) is 11.3. The van der Waals surface area contributed by atoms with Crippen molar-refractivity contribution in [2.75, 3.05) is 7.11 Å². The first-order chi connectivity index (χ1) is 9.12. The molecule has 7 heteroatoms. The molecule has 0 aliphatic rings. The van der Waals surface area contributed by atoms with E-state index in [2.05, 4.69) is 20.1 Å². The summed E-state index contributed by atoms with van der Waals surface area (Å²) in [5.74, 6) is 1.25. The summed E-state index contributed by atoms with van der Waals surface area (Å²) >= 11 is 0. The zero-order chi connectivity index (χ0) is 13.9. The smallest absolute Gasteiger partial charge is 0.247 e. The number of hydrogen-bond acceptors (Lipinski definition) is 7. The molecule has 2 rings (SSSR count). The van der Waals surface area contributed by atoms with Gasteiger partial charge in [-0.2, -0.15) is 4.98 Å². The summed E-state index contributed by atoms with van der Waals surface area (Å²) in [6.07, 6.45) is 2.83. The Morgan fingerprint density at radius 3 is 2.68 bits per heavy atom. The normalized spacial score (nSPS) is 11.6. The predicted octanol–water partition coefficient (Wildman–Crippen LogP) is 1.51. The molecule has 0 aliphatic heterocycles. The largest absolute Gasteiger partial charge is 0.481 e. The molecular weight excluding hydrogens is 246 g/mol. The van der Waals surface area contributed by atoms with Crippen LogP contribution in [0.15, 0.2) is 16.9 Å². The fourth-order valence-corrected chi connectivity index (χ4v) is 1.66. The van der Waals surface area contributed by atoms with E-state index >= 15 is 0 Å². The van der Waals surface area contributed by atoms with Gasteiger partial charge in [-0.15, -0.1) is 0 Å². The van der Waals surface area contributed by atoms with Crippen LogP contribution >= 0.6 is 0 Å². The van der Waals surface area contributed by atoms with Crippen molar-refractivity contribution in [2.24, 2.45) is 5.73 Å². The molecule has 7 nitrogen and oxygen atoms in total. The van der Waals surface area contributed by atoms with Crippen molar-refractivity contribution in [1.29, 1.82) is 0 Å². The van der Waals surface area contributed by atoms with Gasteiger partial charge in [-0.05, 0) is 12.8 Å². The highest BCUT2D eigenvalue weighted by molar-refractivity contribution is 5.49. The molecule has 0 bridgehead atoms. The van der Waals surface area contributed by atoms with Crippen LogP contribution in [0.2, 0.25) is 0 Å². The van der Waals surface area contributed by atoms with E-state index in [0.29, 0.717) is 23.3 Å². The van der Waals surface area contributed by atoms with Gasteiger partial charge in [-0.1, -0.05) is 19.0 Å². The zero-order valence-corrected chi connectivity index (χ0v) is 11.3. The second kappa shape index (κ2) is 5.31.